The zero-order valence-electron chi connectivity index (χ0n) is 15.3. The van der Waals surface area contributed by atoms with Crippen molar-refractivity contribution in [2.45, 2.75) is 51.4 Å². The van der Waals surface area contributed by atoms with Crippen LogP contribution in [0.2, 0.25) is 0 Å². The highest BCUT2D eigenvalue weighted by molar-refractivity contribution is 6.01. The lowest BCUT2D eigenvalue weighted by Crippen LogP contribution is -2.29. The van der Waals surface area contributed by atoms with Crippen LogP contribution < -0.4 is 15.4 Å². The van der Waals surface area contributed by atoms with Gasteiger partial charge in [-0.1, -0.05) is 12.8 Å². The molecule has 7 nitrogen and oxygen atoms in total. The first-order chi connectivity index (χ1) is 12.7. The second-order valence-corrected chi connectivity index (χ2v) is 7.69. The minimum atomic E-state index is 0.0584. The van der Waals surface area contributed by atoms with Gasteiger partial charge in [-0.05, 0) is 43.9 Å². The number of nitrogens with zero attached hydrogens (tertiary/aromatic N) is 3. The largest absolute Gasteiger partial charge is 0.463 e. The fraction of sp³-hybridized carbons (Fsp3) is 0.737. The molecule has 1 aromatic heterocycles. The molecule has 142 valence electrons. The predicted molar refractivity (Wildman–Crippen MR) is 98.1 cm³/mol. The van der Waals surface area contributed by atoms with Crippen molar-refractivity contribution < 1.29 is 14.3 Å². The molecular weight excluding hydrogens is 332 g/mol. The van der Waals surface area contributed by atoms with E-state index < -0.39 is 0 Å². The normalized spacial score (nSPS) is 20.5. The van der Waals surface area contributed by atoms with Crippen LogP contribution in [0.25, 0.3) is 0 Å². The van der Waals surface area contributed by atoms with Gasteiger partial charge >= 0.3 is 6.01 Å². The van der Waals surface area contributed by atoms with E-state index in [-0.39, 0.29) is 5.91 Å². The van der Waals surface area contributed by atoms with E-state index in [4.69, 9.17) is 15.2 Å². The van der Waals surface area contributed by atoms with Gasteiger partial charge in [-0.2, -0.15) is 9.97 Å². The maximum absolute atomic E-state index is 12.4. The van der Waals surface area contributed by atoms with Crippen LogP contribution in [0.4, 0.5) is 11.6 Å². The minimum absolute atomic E-state index is 0.0584. The fourth-order valence-corrected chi connectivity index (χ4v) is 3.82. The van der Waals surface area contributed by atoms with Crippen LogP contribution in [0.1, 0.15) is 50.5 Å². The summed E-state index contributed by atoms with van der Waals surface area (Å²) < 4.78 is 11.1. The van der Waals surface area contributed by atoms with Crippen LogP contribution >= 0.6 is 0 Å². The van der Waals surface area contributed by atoms with E-state index in [1.165, 1.54) is 12.8 Å². The molecule has 0 radical (unpaired) electrons. The number of rotatable bonds is 8. The molecule has 3 aliphatic rings. The Balaban J connectivity index is 1.37. The fourth-order valence-electron chi connectivity index (χ4n) is 3.82. The molecule has 0 atom stereocenters. The van der Waals surface area contributed by atoms with E-state index in [1.54, 1.807) is 4.90 Å². The van der Waals surface area contributed by atoms with Gasteiger partial charge < -0.3 is 15.2 Å². The summed E-state index contributed by atoms with van der Waals surface area (Å²) in [6.45, 7) is 3.02. The van der Waals surface area contributed by atoms with E-state index in [0.717, 1.165) is 56.8 Å². The molecule has 0 bridgehead atoms. The van der Waals surface area contributed by atoms with Gasteiger partial charge in [0.2, 0.25) is 5.91 Å². The lowest BCUT2D eigenvalue weighted by molar-refractivity contribution is -0.117. The number of ether oxygens (including phenoxy) is 2. The smallest absolute Gasteiger partial charge is 0.320 e. The van der Waals surface area contributed by atoms with Crippen LogP contribution in [0, 0.1) is 11.8 Å². The summed E-state index contributed by atoms with van der Waals surface area (Å²) in [4.78, 5) is 22.9. The summed E-state index contributed by atoms with van der Waals surface area (Å²) >= 11 is 0. The van der Waals surface area contributed by atoms with Gasteiger partial charge in [0, 0.05) is 25.3 Å². The summed E-state index contributed by atoms with van der Waals surface area (Å²) in [6, 6.07) is 0.297. The molecule has 0 aromatic carbocycles. The number of amides is 1. The molecule has 0 unspecified atom stereocenters. The van der Waals surface area contributed by atoms with Gasteiger partial charge in [0.1, 0.15) is 11.6 Å². The molecule has 4 rings (SSSR count). The molecule has 0 spiro atoms. The summed E-state index contributed by atoms with van der Waals surface area (Å²) in [7, 11) is 0. The zero-order chi connectivity index (χ0) is 17.9. The molecule has 26 heavy (non-hydrogen) atoms. The Kier molecular flexibility index (Phi) is 5.24. The molecule has 2 fully saturated rings. The average molecular weight is 360 g/mol. The van der Waals surface area contributed by atoms with Gasteiger partial charge in [0.25, 0.3) is 0 Å². The second kappa shape index (κ2) is 7.78. The second-order valence-electron chi connectivity index (χ2n) is 7.69. The number of hydrogen-bond donors (Lipinski definition) is 1. The third-order valence-corrected chi connectivity index (χ3v) is 5.67. The highest BCUT2D eigenvalue weighted by atomic mass is 16.5. The quantitative estimate of drug-likeness (QED) is 0.765. The number of nitrogen functional groups attached to an aromatic ring is 1. The van der Waals surface area contributed by atoms with Crippen molar-refractivity contribution in [1.82, 2.24) is 9.97 Å². The van der Waals surface area contributed by atoms with Gasteiger partial charge in [-0.15, -0.1) is 0 Å². The van der Waals surface area contributed by atoms with E-state index in [0.29, 0.717) is 43.1 Å². The third-order valence-electron chi connectivity index (χ3n) is 5.67. The van der Waals surface area contributed by atoms with Crippen LogP contribution in [-0.2, 0) is 16.0 Å². The summed E-state index contributed by atoms with van der Waals surface area (Å²) in [6.07, 6.45) is 8.26. The number of nitrogens with two attached hydrogens (primary N) is 1. The van der Waals surface area contributed by atoms with Crippen LogP contribution in [0.15, 0.2) is 0 Å². The molecule has 2 N–H and O–H groups in total. The number of fused-ring (bicyclic) bond motifs is 1. The Morgan fingerprint density at radius 1 is 1.12 bits per heavy atom. The monoisotopic (exact) mass is 360 g/mol. The zero-order valence-corrected chi connectivity index (χ0v) is 15.3. The van der Waals surface area contributed by atoms with Gasteiger partial charge in [0.15, 0.2) is 0 Å². The molecule has 1 saturated carbocycles. The first kappa shape index (κ1) is 17.5. The molecular formula is C19H28N4O3. The van der Waals surface area contributed by atoms with Crippen molar-refractivity contribution in [2.75, 3.05) is 37.0 Å². The maximum Gasteiger partial charge on any atom is 0.320 e. The summed E-state index contributed by atoms with van der Waals surface area (Å²) in [5, 5.41) is 0. The van der Waals surface area contributed by atoms with Crippen LogP contribution in [-0.4, -0.2) is 42.2 Å². The number of anilines is 2. The highest BCUT2D eigenvalue weighted by Crippen LogP contribution is 2.34. The van der Waals surface area contributed by atoms with Crippen molar-refractivity contribution in [3.63, 3.8) is 0 Å². The van der Waals surface area contributed by atoms with E-state index in [1.807, 2.05) is 0 Å². The SMILES string of the molecule is Nc1nc(OCCC2CC2)nc2c1CC(=O)N2CCCC1CCOCC1. The Hall–Kier alpha value is -1.89. The van der Waals surface area contributed by atoms with E-state index in [9.17, 15) is 4.79 Å². The Morgan fingerprint density at radius 3 is 2.65 bits per heavy atom. The molecule has 1 saturated heterocycles. The van der Waals surface area contributed by atoms with Gasteiger partial charge in [-0.25, -0.2) is 0 Å². The van der Waals surface area contributed by atoms with Crippen molar-refractivity contribution in [3.8, 4) is 6.01 Å². The van der Waals surface area contributed by atoms with E-state index in [2.05, 4.69) is 9.97 Å². The Bertz CT molecular complexity index is 656. The lowest BCUT2D eigenvalue weighted by Gasteiger charge is -2.23. The summed E-state index contributed by atoms with van der Waals surface area (Å²) in [5.74, 6) is 2.58. The molecule has 3 heterocycles. The Labute approximate surface area is 154 Å². The van der Waals surface area contributed by atoms with E-state index >= 15 is 0 Å². The maximum atomic E-state index is 12.4. The Morgan fingerprint density at radius 2 is 1.88 bits per heavy atom. The number of aromatic nitrogens is 2. The summed E-state index contributed by atoms with van der Waals surface area (Å²) in [5.41, 5.74) is 6.81. The lowest BCUT2D eigenvalue weighted by atomic mass is 9.95. The number of hydrogen-bond acceptors (Lipinski definition) is 6. The molecule has 7 heteroatoms. The van der Waals surface area contributed by atoms with Crippen molar-refractivity contribution in [3.05, 3.63) is 5.56 Å². The van der Waals surface area contributed by atoms with Crippen LogP contribution in [0.5, 0.6) is 6.01 Å². The standard InChI is InChI=1S/C19H28N4O3/c20-17-15-12-16(24)23(8-1-2-13-5-9-25-10-6-13)18(15)22-19(21-17)26-11-7-14-3-4-14/h13-14H,1-12H2,(H2,20,21,22). The molecule has 1 aromatic rings. The predicted octanol–water partition coefficient (Wildman–Crippen LogP) is 2.33. The van der Waals surface area contributed by atoms with Crippen molar-refractivity contribution in [2.24, 2.45) is 11.8 Å². The number of carbonyl (C=O) groups is 1. The van der Waals surface area contributed by atoms with Crippen molar-refractivity contribution in [1.29, 1.82) is 0 Å². The van der Waals surface area contributed by atoms with Gasteiger partial charge in [0.05, 0.1) is 13.0 Å². The molecule has 2 aliphatic heterocycles. The molecule has 1 amide bonds. The first-order valence-electron chi connectivity index (χ1n) is 9.88. The topological polar surface area (TPSA) is 90.6 Å². The van der Waals surface area contributed by atoms with Gasteiger partial charge in [-0.3, -0.25) is 9.69 Å². The minimum Gasteiger partial charge on any atom is -0.463 e. The number of carbonyl (C=O) groups excluding carboxylic acids is 1. The van der Waals surface area contributed by atoms with Crippen LogP contribution in [0.3, 0.4) is 0 Å². The first-order valence-corrected chi connectivity index (χ1v) is 9.88. The highest BCUT2D eigenvalue weighted by Gasteiger charge is 2.32. The molecule has 1 aliphatic carbocycles. The third kappa shape index (κ3) is 4.09. The average Bonchev–Trinajstić information content (AvgIpc) is 3.40. The van der Waals surface area contributed by atoms with Crippen molar-refractivity contribution >= 4 is 17.5 Å².